The summed E-state index contributed by atoms with van der Waals surface area (Å²) in [6, 6.07) is 1.05. The highest BCUT2D eigenvalue weighted by Crippen LogP contribution is 2.34. The maximum Gasteiger partial charge on any atom is 0.0564 e. The molecule has 1 fully saturated rings. The lowest BCUT2D eigenvalue weighted by atomic mass is 9.85. The molecule has 2 nitrogen and oxygen atoms in total. The molecule has 17 heavy (non-hydrogen) atoms. The van der Waals surface area contributed by atoms with Gasteiger partial charge in [0.15, 0.2) is 0 Å². The summed E-state index contributed by atoms with van der Waals surface area (Å²) in [4.78, 5) is 0. The largest absolute Gasteiger partial charge is 0.395 e. The van der Waals surface area contributed by atoms with E-state index in [2.05, 4.69) is 32.3 Å². The quantitative estimate of drug-likeness (QED) is 0.744. The van der Waals surface area contributed by atoms with Crippen molar-refractivity contribution in [2.75, 3.05) is 12.9 Å². The molecule has 2 N–H and O–H groups in total. The molecule has 3 unspecified atom stereocenters. The number of nitrogens with one attached hydrogen (secondary N) is 1. The van der Waals surface area contributed by atoms with Crippen molar-refractivity contribution in [2.45, 2.75) is 70.2 Å². The van der Waals surface area contributed by atoms with Crippen molar-refractivity contribution < 1.29 is 5.11 Å². The fourth-order valence-corrected chi connectivity index (χ4v) is 3.38. The van der Waals surface area contributed by atoms with Crippen molar-refractivity contribution in [1.29, 1.82) is 0 Å². The monoisotopic (exact) mass is 259 g/mol. The van der Waals surface area contributed by atoms with Crippen LogP contribution < -0.4 is 5.32 Å². The molecule has 1 aliphatic rings. The van der Waals surface area contributed by atoms with Crippen LogP contribution in [0.4, 0.5) is 0 Å². The molecular weight excluding hydrogens is 230 g/mol. The number of thioether (sulfide) groups is 1. The van der Waals surface area contributed by atoms with Crippen molar-refractivity contribution in [3.63, 3.8) is 0 Å². The Morgan fingerprint density at radius 1 is 1.35 bits per heavy atom. The summed E-state index contributed by atoms with van der Waals surface area (Å²) in [6.45, 7) is 7.25. The van der Waals surface area contributed by atoms with Gasteiger partial charge in [0.1, 0.15) is 0 Å². The molecule has 0 spiro atoms. The van der Waals surface area contributed by atoms with E-state index in [0.717, 1.165) is 0 Å². The van der Waals surface area contributed by atoms with Crippen molar-refractivity contribution >= 4 is 11.8 Å². The molecule has 0 aromatic carbocycles. The smallest absolute Gasteiger partial charge is 0.0564 e. The van der Waals surface area contributed by atoms with E-state index in [4.69, 9.17) is 0 Å². The Kier molecular flexibility index (Phi) is 6.32. The van der Waals surface area contributed by atoms with E-state index in [1.807, 2.05) is 0 Å². The number of aliphatic hydroxyl groups is 1. The third kappa shape index (κ3) is 5.19. The summed E-state index contributed by atoms with van der Waals surface area (Å²) in [5, 5.41) is 13.3. The Morgan fingerprint density at radius 3 is 2.65 bits per heavy atom. The molecule has 0 amide bonds. The first-order chi connectivity index (χ1) is 7.98. The summed E-state index contributed by atoms with van der Waals surface area (Å²) in [7, 11) is 0. The zero-order valence-electron chi connectivity index (χ0n) is 11.8. The van der Waals surface area contributed by atoms with Crippen molar-refractivity contribution in [2.24, 2.45) is 5.41 Å². The zero-order chi connectivity index (χ0) is 12.9. The Bertz CT molecular complexity index is 216. The van der Waals surface area contributed by atoms with Gasteiger partial charge in [-0.2, -0.15) is 11.8 Å². The number of rotatable bonds is 5. The fourth-order valence-electron chi connectivity index (χ4n) is 2.74. The van der Waals surface area contributed by atoms with Gasteiger partial charge in [0.25, 0.3) is 0 Å². The summed E-state index contributed by atoms with van der Waals surface area (Å²) in [5.74, 6) is 0. The minimum atomic E-state index is 0.271. The standard InChI is InChI=1S/C14H29NOS/c1-11(13(10-16)17-4)15-12-6-5-8-14(2,3)9-7-12/h11-13,15-16H,5-10H2,1-4H3. The number of aliphatic hydroxyl groups excluding tert-OH is 1. The Balaban J connectivity index is 2.41. The Morgan fingerprint density at radius 2 is 2.06 bits per heavy atom. The zero-order valence-corrected chi connectivity index (χ0v) is 12.6. The third-order valence-corrected chi connectivity index (χ3v) is 5.28. The van der Waals surface area contributed by atoms with Crippen molar-refractivity contribution in [1.82, 2.24) is 5.32 Å². The third-order valence-electron chi connectivity index (χ3n) is 4.11. The molecule has 1 saturated carbocycles. The van der Waals surface area contributed by atoms with Gasteiger partial charge in [-0.25, -0.2) is 0 Å². The number of hydrogen-bond acceptors (Lipinski definition) is 3. The van der Waals surface area contributed by atoms with Crippen LogP contribution in [0.25, 0.3) is 0 Å². The molecule has 0 radical (unpaired) electrons. The second-order valence-electron chi connectivity index (χ2n) is 6.20. The van der Waals surface area contributed by atoms with Crippen molar-refractivity contribution in [3.8, 4) is 0 Å². The van der Waals surface area contributed by atoms with E-state index in [1.54, 1.807) is 11.8 Å². The van der Waals surface area contributed by atoms with E-state index < -0.39 is 0 Å². The maximum atomic E-state index is 9.30. The molecular formula is C14H29NOS. The van der Waals surface area contributed by atoms with E-state index in [0.29, 0.717) is 22.7 Å². The van der Waals surface area contributed by atoms with E-state index in [-0.39, 0.29) is 6.61 Å². The summed E-state index contributed by atoms with van der Waals surface area (Å²) in [5.41, 5.74) is 0.523. The van der Waals surface area contributed by atoms with Crippen LogP contribution in [0.3, 0.4) is 0 Å². The van der Waals surface area contributed by atoms with Crippen LogP contribution in [0.2, 0.25) is 0 Å². The van der Waals surface area contributed by atoms with Gasteiger partial charge in [-0.3, -0.25) is 0 Å². The van der Waals surface area contributed by atoms with Gasteiger partial charge in [0.2, 0.25) is 0 Å². The van der Waals surface area contributed by atoms with Crippen LogP contribution >= 0.6 is 11.8 Å². The Hall–Kier alpha value is 0.270. The van der Waals surface area contributed by atoms with Gasteiger partial charge < -0.3 is 10.4 Å². The average molecular weight is 259 g/mol. The average Bonchev–Trinajstić information content (AvgIpc) is 2.42. The summed E-state index contributed by atoms with van der Waals surface area (Å²) >= 11 is 1.76. The van der Waals surface area contributed by atoms with Crippen LogP contribution in [0.1, 0.15) is 52.9 Å². The second-order valence-corrected chi connectivity index (χ2v) is 7.28. The molecule has 1 aliphatic carbocycles. The van der Waals surface area contributed by atoms with Gasteiger partial charge in [0, 0.05) is 17.3 Å². The molecule has 0 aromatic heterocycles. The Labute approximate surface area is 111 Å². The minimum absolute atomic E-state index is 0.271. The SMILES string of the molecule is CSC(CO)C(C)NC1CCCC(C)(C)CC1. The molecule has 0 saturated heterocycles. The first-order valence-corrected chi connectivity index (χ1v) is 8.17. The van der Waals surface area contributed by atoms with E-state index in [1.165, 1.54) is 32.1 Å². The van der Waals surface area contributed by atoms with E-state index in [9.17, 15) is 5.11 Å². The lowest BCUT2D eigenvalue weighted by molar-refractivity contribution is 0.265. The molecule has 0 aromatic rings. The van der Waals surface area contributed by atoms with Gasteiger partial charge in [-0.1, -0.05) is 20.3 Å². The highest BCUT2D eigenvalue weighted by molar-refractivity contribution is 7.99. The molecule has 0 heterocycles. The summed E-state index contributed by atoms with van der Waals surface area (Å²) in [6.07, 6.45) is 8.66. The molecule has 102 valence electrons. The van der Waals surface area contributed by atoms with E-state index >= 15 is 0 Å². The minimum Gasteiger partial charge on any atom is -0.395 e. The predicted octanol–water partition coefficient (Wildman–Crippen LogP) is 3.05. The molecule has 1 rings (SSSR count). The van der Waals surface area contributed by atoms with Gasteiger partial charge >= 0.3 is 0 Å². The first kappa shape index (κ1) is 15.3. The van der Waals surface area contributed by atoms with Crippen molar-refractivity contribution in [3.05, 3.63) is 0 Å². The number of hydrogen-bond donors (Lipinski definition) is 2. The molecule has 0 aliphatic heterocycles. The van der Waals surface area contributed by atoms with Gasteiger partial charge in [-0.05, 0) is 44.3 Å². The fraction of sp³-hybridized carbons (Fsp3) is 1.00. The first-order valence-electron chi connectivity index (χ1n) is 6.88. The summed E-state index contributed by atoms with van der Waals surface area (Å²) < 4.78 is 0. The lowest BCUT2D eigenvalue weighted by Gasteiger charge is -2.27. The highest BCUT2D eigenvalue weighted by Gasteiger charge is 2.26. The van der Waals surface area contributed by atoms with Gasteiger partial charge in [-0.15, -0.1) is 0 Å². The molecule has 3 heteroatoms. The molecule has 0 bridgehead atoms. The van der Waals surface area contributed by atoms with Gasteiger partial charge in [0.05, 0.1) is 6.61 Å². The topological polar surface area (TPSA) is 32.3 Å². The maximum absolute atomic E-state index is 9.30. The van der Waals surface area contributed by atoms with Crippen LogP contribution in [-0.2, 0) is 0 Å². The predicted molar refractivity (Wildman–Crippen MR) is 77.6 cm³/mol. The lowest BCUT2D eigenvalue weighted by Crippen LogP contribution is -2.43. The van der Waals surface area contributed by atoms with Crippen LogP contribution in [0, 0.1) is 5.41 Å². The molecule has 3 atom stereocenters. The highest BCUT2D eigenvalue weighted by atomic mass is 32.2. The van der Waals surface area contributed by atoms with Crippen LogP contribution in [0.15, 0.2) is 0 Å². The van der Waals surface area contributed by atoms with Crippen LogP contribution in [0.5, 0.6) is 0 Å². The normalized spacial score (nSPS) is 28.4. The second kappa shape index (κ2) is 7.01. The van der Waals surface area contributed by atoms with Crippen LogP contribution in [-0.4, -0.2) is 35.3 Å².